The third-order valence-corrected chi connectivity index (χ3v) is 5.80. The SMILES string of the molecule is CN=C(NCc1ccccc1OCC(C)C)NC1CCN(c2cccs2)CC1. The Labute approximate surface area is 172 Å². The number of hydrogen-bond donors (Lipinski definition) is 2. The Kier molecular flexibility index (Phi) is 7.60. The highest BCUT2D eigenvalue weighted by Gasteiger charge is 2.20. The summed E-state index contributed by atoms with van der Waals surface area (Å²) in [7, 11) is 1.83. The van der Waals surface area contributed by atoms with Crippen LogP contribution in [-0.2, 0) is 6.54 Å². The molecule has 1 fully saturated rings. The lowest BCUT2D eigenvalue weighted by Gasteiger charge is -2.33. The van der Waals surface area contributed by atoms with Gasteiger partial charge in [-0.05, 0) is 42.3 Å². The van der Waals surface area contributed by atoms with E-state index in [1.54, 1.807) is 0 Å². The van der Waals surface area contributed by atoms with Gasteiger partial charge in [0.25, 0.3) is 0 Å². The number of benzene rings is 1. The highest BCUT2D eigenvalue weighted by Crippen LogP contribution is 2.25. The molecule has 2 aromatic rings. The van der Waals surface area contributed by atoms with Gasteiger partial charge >= 0.3 is 0 Å². The summed E-state index contributed by atoms with van der Waals surface area (Å²) in [6.45, 7) is 7.92. The van der Waals surface area contributed by atoms with E-state index in [2.05, 4.69) is 64.0 Å². The van der Waals surface area contributed by atoms with Crippen LogP contribution in [0.5, 0.6) is 5.75 Å². The lowest BCUT2D eigenvalue weighted by atomic mass is 10.1. The standard InChI is InChI=1S/C22H32N4OS/c1-17(2)16-27-20-8-5-4-7-18(20)15-24-22(23-3)25-19-10-12-26(13-11-19)21-9-6-14-28-21/h4-9,14,17,19H,10-13,15-16H2,1-3H3,(H2,23,24,25). The molecule has 28 heavy (non-hydrogen) atoms. The van der Waals surface area contributed by atoms with Gasteiger partial charge in [0, 0.05) is 38.3 Å². The topological polar surface area (TPSA) is 48.9 Å². The molecule has 5 nitrogen and oxygen atoms in total. The van der Waals surface area contributed by atoms with Crippen molar-refractivity contribution >= 4 is 22.3 Å². The van der Waals surface area contributed by atoms with Gasteiger partial charge in [0.05, 0.1) is 11.6 Å². The second-order valence-electron chi connectivity index (χ2n) is 7.60. The zero-order valence-electron chi connectivity index (χ0n) is 17.1. The molecule has 0 atom stereocenters. The maximum absolute atomic E-state index is 5.96. The van der Waals surface area contributed by atoms with E-state index in [-0.39, 0.29) is 0 Å². The third kappa shape index (κ3) is 5.89. The van der Waals surface area contributed by atoms with Crippen LogP contribution in [-0.4, -0.2) is 38.7 Å². The predicted octanol–water partition coefficient (Wildman–Crippen LogP) is 4.12. The number of nitrogens with one attached hydrogen (secondary N) is 2. The molecular weight excluding hydrogens is 368 g/mol. The highest BCUT2D eigenvalue weighted by molar-refractivity contribution is 7.14. The highest BCUT2D eigenvalue weighted by atomic mass is 32.1. The zero-order chi connectivity index (χ0) is 19.8. The van der Waals surface area contributed by atoms with E-state index in [9.17, 15) is 0 Å². The molecule has 2 heterocycles. The molecule has 1 aromatic carbocycles. The van der Waals surface area contributed by atoms with E-state index in [4.69, 9.17) is 4.74 Å². The van der Waals surface area contributed by atoms with Gasteiger partial charge in [0.2, 0.25) is 0 Å². The second kappa shape index (κ2) is 10.4. The first-order valence-electron chi connectivity index (χ1n) is 10.1. The van der Waals surface area contributed by atoms with Crippen molar-refractivity contribution in [2.24, 2.45) is 10.9 Å². The van der Waals surface area contributed by atoms with Crippen LogP contribution in [0.4, 0.5) is 5.00 Å². The van der Waals surface area contributed by atoms with Gasteiger partial charge in [-0.3, -0.25) is 4.99 Å². The summed E-state index contributed by atoms with van der Waals surface area (Å²) in [5.74, 6) is 2.31. The number of rotatable bonds is 7. The van der Waals surface area contributed by atoms with E-state index in [1.165, 1.54) is 5.00 Å². The monoisotopic (exact) mass is 400 g/mol. The fourth-order valence-electron chi connectivity index (χ4n) is 3.31. The number of aliphatic imine (C=N–C) groups is 1. The molecular formula is C22H32N4OS. The quantitative estimate of drug-likeness (QED) is 0.542. The Morgan fingerprint density at radius 1 is 1.21 bits per heavy atom. The number of hydrogen-bond acceptors (Lipinski definition) is 4. The van der Waals surface area contributed by atoms with Crippen molar-refractivity contribution in [3.8, 4) is 5.75 Å². The van der Waals surface area contributed by atoms with Crippen molar-refractivity contribution in [3.63, 3.8) is 0 Å². The van der Waals surface area contributed by atoms with Crippen LogP contribution in [0.3, 0.4) is 0 Å². The Balaban J connectivity index is 1.48. The van der Waals surface area contributed by atoms with Crippen LogP contribution in [0.15, 0.2) is 46.8 Å². The Hall–Kier alpha value is -2.21. The Morgan fingerprint density at radius 2 is 2.00 bits per heavy atom. The molecule has 0 spiro atoms. The molecule has 1 aliphatic heterocycles. The zero-order valence-corrected chi connectivity index (χ0v) is 18.0. The van der Waals surface area contributed by atoms with Crippen molar-refractivity contribution in [1.29, 1.82) is 0 Å². The number of guanidine groups is 1. The van der Waals surface area contributed by atoms with Crippen LogP contribution in [0.1, 0.15) is 32.3 Å². The lowest BCUT2D eigenvalue weighted by Crippen LogP contribution is -2.48. The molecule has 0 bridgehead atoms. The average Bonchev–Trinajstić information content (AvgIpc) is 3.25. The predicted molar refractivity (Wildman–Crippen MR) is 120 cm³/mol. The van der Waals surface area contributed by atoms with Crippen LogP contribution in [0.25, 0.3) is 0 Å². The molecule has 0 unspecified atom stereocenters. The summed E-state index contributed by atoms with van der Waals surface area (Å²) in [4.78, 5) is 6.89. The number of nitrogens with zero attached hydrogens (tertiary/aromatic N) is 2. The van der Waals surface area contributed by atoms with Crippen molar-refractivity contribution in [3.05, 3.63) is 47.3 Å². The van der Waals surface area contributed by atoms with Crippen LogP contribution in [0.2, 0.25) is 0 Å². The van der Waals surface area contributed by atoms with Crippen LogP contribution >= 0.6 is 11.3 Å². The molecule has 6 heteroatoms. The van der Waals surface area contributed by atoms with E-state index in [0.717, 1.165) is 49.8 Å². The minimum atomic E-state index is 0.454. The van der Waals surface area contributed by atoms with Crippen LogP contribution in [0, 0.1) is 5.92 Å². The lowest BCUT2D eigenvalue weighted by molar-refractivity contribution is 0.268. The van der Waals surface area contributed by atoms with Crippen molar-refractivity contribution in [1.82, 2.24) is 10.6 Å². The van der Waals surface area contributed by atoms with E-state index in [0.29, 0.717) is 18.5 Å². The van der Waals surface area contributed by atoms with Gasteiger partial charge in [-0.25, -0.2) is 0 Å². The van der Waals surface area contributed by atoms with E-state index in [1.807, 2.05) is 30.5 Å². The second-order valence-corrected chi connectivity index (χ2v) is 8.52. The number of ether oxygens (including phenoxy) is 1. The summed E-state index contributed by atoms with van der Waals surface area (Å²) in [5, 5.41) is 10.6. The number of thiophene rings is 1. The molecule has 3 rings (SSSR count). The van der Waals surface area contributed by atoms with Gasteiger partial charge < -0.3 is 20.3 Å². The molecule has 0 aliphatic carbocycles. The van der Waals surface area contributed by atoms with Crippen molar-refractivity contribution in [2.75, 3.05) is 31.6 Å². The first kappa shape index (κ1) is 20.5. The summed E-state index contributed by atoms with van der Waals surface area (Å²) in [5.41, 5.74) is 1.15. The fourth-order valence-corrected chi connectivity index (χ4v) is 4.09. The van der Waals surface area contributed by atoms with Crippen LogP contribution < -0.4 is 20.3 Å². The van der Waals surface area contributed by atoms with Gasteiger partial charge in [0.15, 0.2) is 5.96 Å². The molecule has 1 aliphatic rings. The Morgan fingerprint density at radius 3 is 2.68 bits per heavy atom. The Bertz CT molecular complexity index is 737. The third-order valence-electron chi connectivity index (χ3n) is 4.87. The smallest absolute Gasteiger partial charge is 0.191 e. The summed E-state index contributed by atoms with van der Waals surface area (Å²) in [6.07, 6.45) is 2.24. The minimum Gasteiger partial charge on any atom is -0.493 e. The summed E-state index contributed by atoms with van der Waals surface area (Å²) >= 11 is 1.82. The molecule has 0 amide bonds. The first-order valence-corrected chi connectivity index (χ1v) is 11.0. The average molecular weight is 401 g/mol. The normalized spacial score (nSPS) is 15.7. The molecule has 2 N–H and O–H groups in total. The van der Waals surface area contributed by atoms with Gasteiger partial charge in [0.1, 0.15) is 5.75 Å². The number of anilines is 1. The maximum Gasteiger partial charge on any atom is 0.191 e. The first-order chi connectivity index (χ1) is 13.7. The van der Waals surface area contributed by atoms with Gasteiger partial charge in [-0.1, -0.05) is 32.0 Å². The molecule has 152 valence electrons. The summed E-state index contributed by atoms with van der Waals surface area (Å²) < 4.78 is 5.96. The largest absolute Gasteiger partial charge is 0.493 e. The van der Waals surface area contributed by atoms with E-state index >= 15 is 0 Å². The van der Waals surface area contributed by atoms with Gasteiger partial charge in [-0.15, -0.1) is 11.3 Å². The van der Waals surface area contributed by atoms with E-state index < -0.39 is 0 Å². The molecule has 0 saturated carbocycles. The summed E-state index contributed by atoms with van der Waals surface area (Å²) in [6, 6.07) is 13.0. The number of piperidine rings is 1. The molecule has 0 radical (unpaired) electrons. The maximum atomic E-state index is 5.96. The fraction of sp³-hybridized carbons (Fsp3) is 0.500. The minimum absolute atomic E-state index is 0.454. The van der Waals surface area contributed by atoms with Crippen molar-refractivity contribution in [2.45, 2.75) is 39.3 Å². The van der Waals surface area contributed by atoms with Gasteiger partial charge in [-0.2, -0.15) is 0 Å². The number of para-hydroxylation sites is 1. The van der Waals surface area contributed by atoms with Crippen molar-refractivity contribution < 1.29 is 4.74 Å². The molecule has 1 aromatic heterocycles. The molecule has 1 saturated heterocycles.